The number of nitrogens with one attached hydrogen (secondary N) is 1. The zero-order chi connectivity index (χ0) is 18.8. The van der Waals surface area contributed by atoms with Gasteiger partial charge in [0.1, 0.15) is 12.7 Å². The molecule has 0 bridgehead atoms. The summed E-state index contributed by atoms with van der Waals surface area (Å²) >= 11 is 0. The number of rotatable bonds is 11. The number of amides is 1. The van der Waals surface area contributed by atoms with Gasteiger partial charge in [-0.25, -0.2) is 4.68 Å². The van der Waals surface area contributed by atoms with Crippen LogP contribution in [0.15, 0.2) is 36.5 Å². The summed E-state index contributed by atoms with van der Waals surface area (Å²) in [5, 5.41) is 16.8. The number of carboxylic acids is 1. The normalized spacial score (nSPS) is 14.0. The van der Waals surface area contributed by atoms with Gasteiger partial charge in [-0.05, 0) is 38.5 Å². The molecule has 0 radical (unpaired) electrons. The highest BCUT2D eigenvalue weighted by molar-refractivity contribution is 5.87. The first kappa shape index (κ1) is 20.6. The first-order valence-corrected chi connectivity index (χ1v) is 8.59. The maximum Gasteiger partial charge on any atom is 0.307 e. The molecule has 0 spiro atoms. The maximum absolute atomic E-state index is 12.1. The van der Waals surface area contributed by atoms with E-state index in [1.807, 2.05) is 6.92 Å². The van der Waals surface area contributed by atoms with Gasteiger partial charge < -0.3 is 5.11 Å². The molecule has 0 aliphatic rings. The average molecular weight is 348 g/mol. The third-order valence-electron chi connectivity index (χ3n) is 4.36. The lowest BCUT2D eigenvalue weighted by atomic mass is 9.80. The van der Waals surface area contributed by atoms with Gasteiger partial charge in [0.2, 0.25) is 5.91 Å². The SMILES string of the molecule is C=C(CC/C=C(/C)CC)C(CC)C(CC(=O)Nn1cnnc1)C(=O)O. The smallest absolute Gasteiger partial charge is 0.307 e. The van der Waals surface area contributed by atoms with E-state index in [9.17, 15) is 14.7 Å². The van der Waals surface area contributed by atoms with Crippen LogP contribution in [0.5, 0.6) is 0 Å². The lowest BCUT2D eigenvalue weighted by Gasteiger charge is -2.24. The minimum absolute atomic E-state index is 0.116. The molecule has 0 fully saturated rings. The monoisotopic (exact) mass is 348 g/mol. The van der Waals surface area contributed by atoms with Crippen LogP contribution in [0.3, 0.4) is 0 Å². The fourth-order valence-corrected chi connectivity index (χ4v) is 2.74. The molecule has 7 nitrogen and oxygen atoms in total. The minimum atomic E-state index is -0.979. The molecule has 138 valence electrons. The number of hydrogen-bond acceptors (Lipinski definition) is 4. The number of hydrogen-bond donors (Lipinski definition) is 2. The molecule has 2 N–H and O–H groups in total. The number of allylic oxidation sites excluding steroid dienone is 3. The highest BCUT2D eigenvalue weighted by Gasteiger charge is 2.30. The zero-order valence-electron chi connectivity index (χ0n) is 15.2. The van der Waals surface area contributed by atoms with E-state index in [0.29, 0.717) is 6.42 Å². The molecule has 0 aliphatic carbocycles. The molecule has 0 aromatic carbocycles. The van der Waals surface area contributed by atoms with Crippen LogP contribution >= 0.6 is 0 Å². The summed E-state index contributed by atoms with van der Waals surface area (Å²) in [4.78, 5) is 23.8. The molecule has 7 heteroatoms. The van der Waals surface area contributed by atoms with Gasteiger partial charge in [-0.15, -0.1) is 10.2 Å². The van der Waals surface area contributed by atoms with Gasteiger partial charge in [-0.3, -0.25) is 15.0 Å². The maximum atomic E-state index is 12.1. The van der Waals surface area contributed by atoms with Crippen LogP contribution in [0.25, 0.3) is 0 Å². The highest BCUT2D eigenvalue weighted by atomic mass is 16.4. The van der Waals surface area contributed by atoms with Gasteiger partial charge in [0, 0.05) is 6.42 Å². The summed E-state index contributed by atoms with van der Waals surface area (Å²) in [7, 11) is 0. The number of carboxylic acid groups (broad SMARTS) is 1. The van der Waals surface area contributed by atoms with Crippen molar-refractivity contribution in [3.05, 3.63) is 36.5 Å². The minimum Gasteiger partial charge on any atom is -0.481 e. The summed E-state index contributed by atoms with van der Waals surface area (Å²) in [6, 6.07) is 0. The zero-order valence-corrected chi connectivity index (χ0v) is 15.2. The second kappa shape index (κ2) is 10.4. The van der Waals surface area contributed by atoms with E-state index >= 15 is 0 Å². The Balaban J connectivity index is 2.70. The fraction of sp³-hybridized carbons (Fsp3) is 0.556. The van der Waals surface area contributed by atoms with Crippen LogP contribution in [0, 0.1) is 11.8 Å². The van der Waals surface area contributed by atoms with Crippen molar-refractivity contribution in [1.82, 2.24) is 14.9 Å². The Labute approximate surface area is 148 Å². The Bertz CT molecular complexity index is 608. The molecule has 0 saturated carbocycles. The molecule has 1 rings (SSSR count). The van der Waals surface area contributed by atoms with E-state index < -0.39 is 11.9 Å². The third kappa shape index (κ3) is 6.91. The Hall–Kier alpha value is -2.44. The molecule has 0 saturated heterocycles. The Morgan fingerprint density at radius 3 is 2.44 bits per heavy atom. The van der Waals surface area contributed by atoms with E-state index in [-0.39, 0.29) is 18.2 Å². The molecule has 25 heavy (non-hydrogen) atoms. The summed E-state index contributed by atoms with van der Waals surface area (Å²) in [6.45, 7) is 10.2. The van der Waals surface area contributed by atoms with Gasteiger partial charge in [-0.1, -0.05) is 37.6 Å². The van der Waals surface area contributed by atoms with Crippen molar-refractivity contribution in [2.75, 3.05) is 5.43 Å². The predicted molar refractivity (Wildman–Crippen MR) is 96.3 cm³/mol. The molecule has 2 unspecified atom stereocenters. The molecule has 1 amide bonds. The van der Waals surface area contributed by atoms with Crippen molar-refractivity contribution in [2.45, 2.75) is 52.9 Å². The Kier molecular flexibility index (Phi) is 8.60. The van der Waals surface area contributed by atoms with E-state index in [2.05, 4.69) is 42.1 Å². The van der Waals surface area contributed by atoms with Crippen LogP contribution in [-0.4, -0.2) is 31.9 Å². The number of nitrogens with zero attached hydrogens (tertiary/aromatic N) is 3. The first-order chi connectivity index (χ1) is 11.9. The number of carbonyl (C=O) groups excluding carboxylic acids is 1. The number of aliphatic carboxylic acids is 1. The Morgan fingerprint density at radius 1 is 1.28 bits per heavy atom. The molecule has 0 aliphatic heterocycles. The third-order valence-corrected chi connectivity index (χ3v) is 4.36. The molecule has 1 heterocycles. The van der Waals surface area contributed by atoms with Crippen molar-refractivity contribution in [3.8, 4) is 0 Å². The summed E-state index contributed by atoms with van der Waals surface area (Å²) in [5.74, 6) is -2.41. The molecule has 1 aromatic rings. The summed E-state index contributed by atoms with van der Waals surface area (Å²) in [5.41, 5.74) is 4.73. The van der Waals surface area contributed by atoms with Crippen LogP contribution in [0.1, 0.15) is 52.9 Å². The van der Waals surface area contributed by atoms with E-state index in [1.54, 1.807) is 0 Å². The average Bonchev–Trinajstić information content (AvgIpc) is 3.07. The highest BCUT2D eigenvalue weighted by Crippen LogP contribution is 2.29. The molecular formula is C18H28N4O3. The van der Waals surface area contributed by atoms with Crippen molar-refractivity contribution >= 4 is 11.9 Å². The van der Waals surface area contributed by atoms with Gasteiger partial charge in [0.25, 0.3) is 0 Å². The van der Waals surface area contributed by atoms with E-state index in [1.165, 1.54) is 22.9 Å². The quantitative estimate of drug-likeness (QED) is 0.599. The van der Waals surface area contributed by atoms with Crippen molar-refractivity contribution < 1.29 is 14.7 Å². The van der Waals surface area contributed by atoms with Crippen LogP contribution in [0.4, 0.5) is 0 Å². The predicted octanol–water partition coefficient (Wildman–Crippen LogP) is 3.16. The molecular weight excluding hydrogens is 320 g/mol. The summed E-state index contributed by atoms with van der Waals surface area (Å²) in [6.07, 6.45) is 7.93. The second-order valence-electron chi connectivity index (χ2n) is 6.17. The van der Waals surface area contributed by atoms with Gasteiger partial charge >= 0.3 is 5.97 Å². The second-order valence-corrected chi connectivity index (χ2v) is 6.17. The van der Waals surface area contributed by atoms with Crippen LogP contribution < -0.4 is 5.43 Å². The lowest BCUT2D eigenvalue weighted by molar-refractivity contribution is -0.145. The van der Waals surface area contributed by atoms with Crippen molar-refractivity contribution in [2.24, 2.45) is 11.8 Å². The standard InChI is InChI=1S/C18H28N4O3/c1-5-13(3)8-7-9-14(4)15(6-2)16(18(24)25)10-17(23)21-22-11-19-20-12-22/h8,11-12,15-16H,4-7,9-10H2,1-3H3,(H,21,23)(H,24,25)/b13-8-. The largest absolute Gasteiger partial charge is 0.481 e. The first-order valence-electron chi connectivity index (χ1n) is 8.59. The van der Waals surface area contributed by atoms with Crippen LogP contribution in [-0.2, 0) is 9.59 Å². The van der Waals surface area contributed by atoms with Gasteiger partial charge in [-0.2, -0.15) is 0 Å². The van der Waals surface area contributed by atoms with E-state index in [4.69, 9.17) is 0 Å². The number of carbonyl (C=O) groups is 2. The molecule has 2 atom stereocenters. The van der Waals surface area contributed by atoms with Crippen molar-refractivity contribution in [3.63, 3.8) is 0 Å². The number of aromatic nitrogens is 3. The molecule has 1 aromatic heterocycles. The van der Waals surface area contributed by atoms with Crippen molar-refractivity contribution in [1.29, 1.82) is 0 Å². The fourth-order valence-electron chi connectivity index (χ4n) is 2.74. The van der Waals surface area contributed by atoms with E-state index in [0.717, 1.165) is 24.8 Å². The summed E-state index contributed by atoms with van der Waals surface area (Å²) < 4.78 is 1.30. The van der Waals surface area contributed by atoms with Gasteiger partial charge in [0.15, 0.2) is 0 Å². The Morgan fingerprint density at radius 2 is 1.92 bits per heavy atom. The topological polar surface area (TPSA) is 97.1 Å². The lowest BCUT2D eigenvalue weighted by Crippen LogP contribution is -2.31. The van der Waals surface area contributed by atoms with Crippen LogP contribution in [0.2, 0.25) is 0 Å². The van der Waals surface area contributed by atoms with Gasteiger partial charge in [0.05, 0.1) is 5.92 Å².